The maximum absolute atomic E-state index is 11.2. The Kier molecular flexibility index (Phi) is 13.6. The SMILES string of the molecule is CCCCCCCCCCCCOC(=O)CNC(C)=O. The van der Waals surface area contributed by atoms with E-state index in [4.69, 9.17) is 4.74 Å². The van der Waals surface area contributed by atoms with Gasteiger partial charge in [-0.15, -0.1) is 0 Å². The summed E-state index contributed by atoms with van der Waals surface area (Å²) in [6.45, 7) is 4.07. The van der Waals surface area contributed by atoms with Crippen molar-refractivity contribution in [1.29, 1.82) is 0 Å². The van der Waals surface area contributed by atoms with Crippen LogP contribution in [0.1, 0.15) is 78.1 Å². The first-order valence-electron chi connectivity index (χ1n) is 8.07. The van der Waals surface area contributed by atoms with E-state index < -0.39 is 0 Å². The van der Waals surface area contributed by atoms with Crippen LogP contribution in [0, 0.1) is 0 Å². The van der Waals surface area contributed by atoms with Gasteiger partial charge in [0.1, 0.15) is 6.54 Å². The van der Waals surface area contributed by atoms with Crippen molar-refractivity contribution in [1.82, 2.24) is 5.32 Å². The highest BCUT2D eigenvalue weighted by Crippen LogP contribution is 2.10. The number of unbranched alkanes of at least 4 members (excludes halogenated alkanes) is 9. The third-order valence-corrected chi connectivity index (χ3v) is 3.24. The summed E-state index contributed by atoms with van der Waals surface area (Å²) < 4.78 is 5.01. The molecule has 0 saturated carbocycles. The summed E-state index contributed by atoms with van der Waals surface area (Å²) >= 11 is 0. The molecule has 0 bridgehead atoms. The van der Waals surface area contributed by atoms with E-state index in [1.807, 2.05) is 0 Å². The number of nitrogens with one attached hydrogen (secondary N) is 1. The fraction of sp³-hybridized carbons (Fsp3) is 0.875. The second-order valence-electron chi connectivity index (χ2n) is 5.31. The van der Waals surface area contributed by atoms with Crippen molar-refractivity contribution >= 4 is 11.9 Å². The van der Waals surface area contributed by atoms with Crippen molar-refractivity contribution in [3.8, 4) is 0 Å². The third-order valence-electron chi connectivity index (χ3n) is 3.24. The number of amides is 1. The zero-order valence-corrected chi connectivity index (χ0v) is 13.2. The summed E-state index contributed by atoms with van der Waals surface area (Å²) in [7, 11) is 0. The van der Waals surface area contributed by atoms with Crippen LogP contribution in [0.4, 0.5) is 0 Å². The minimum atomic E-state index is -0.351. The highest BCUT2D eigenvalue weighted by Gasteiger charge is 2.02. The van der Waals surface area contributed by atoms with Crippen LogP contribution in [0.15, 0.2) is 0 Å². The Balaban J connectivity index is 3.12. The van der Waals surface area contributed by atoms with Gasteiger partial charge in [-0.05, 0) is 6.42 Å². The van der Waals surface area contributed by atoms with E-state index in [0.717, 1.165) is 12.8 Å². The lowest BCUT2D eigenvalue weighted by atomic mass is 10.1. The molecule has 0 heterocycles. The highest BCUT2D eigenvalue weighted by molar-refractivity contribution is 5.80. The molecule has 0 aliphatic carbocycles. The van der Waals surface area contributed by atoms with E-state index in [2.05, 4.69) is 12.2 Å². The van der Waals surface area contributed by atoms with Gasteiger partial charge in [-0.3, -0.25) is 9.59 Å². The van der Waals surface area contributed by atoms with E-state index in [-0.39, 0.29) is 18.4 Å². The molecule has 0 aromatic carbocycles. The third kappa shape index (κ3) is 15.0. The Morgan fingerprint density at radius 1 is 0.850 bits per heavy atom. The molecule has 20 heavy (non-hydrogen) atoms. The maximum atomic E-state index is 11.2. The molecule has 0 rings (SSSR count). The molecule has 1 N–H and O–H groups in total. The van der Waals surface area contributed by atoms with Crippen molar-refractivity contribution in [2.24, 2.45) is 0 Å². The molecule has 4 nitrogen and oxygen atoms in total. The van der Waals surface area contributed by atoms with Gasteiger partial charge in [-0.1, -0.05) is 64.7 Å². The first-order chi connectivity index (χ1) is 9.66. The lowest BCUT2D eigenvalue weighted by molar-refractivity contribution is -0.143. The van der Waals surface area contributed by atoms with Crippen molar-refractivity contribution in [2.75, 3.05) is 13.2 Å². The summed E-state index contributed by atoms with van der Waals surface area (Å²) in [6, 6.07) is 0. The average molecular weight is 285 g/mol. The van der Waals surface area contributed by atoms with Gasteiger partial charge in [-0.25, -0.2) is 0 Å². The smallest absolute Gasteiger partial charge is 0.325 e. The number of hydrogen-bond acceptors (Lipinski definition) is 3. The van der Waals surface area contributed by atoms with Crippen molar-refractivity contribution in [3.05, 3.63) is 0 Å². The van der Waals surface area contributed by atoms with Crippen LogP contribution in [-0.4, -0.2) is 25.0 Å². The summed E-state index contributed by atoms with van der Waals surface area (Å²) in [5.41, 5.74) is 0. The van der Waals surface area contributed by atoms with Gasteiger partial charge in [-0.2, -0.15) is 0 Å². The highest BCUT2D eigenvalue weighted by atomic mass is 16.5. The van der Waals surface area contributed by atoms with E-state index >= 15 is 0 Å². The molecule has 0 aromatic rings. The number of rotatable bonds is 13. The number of ether oxygens (including phenoxy) is 1. The molecule has 1 amide bonds. The molecule has 0 aliphatic rings. The van der Waals surface area contributed by atoms with E-state index in [9.17, 15) is 9.59 Å². The molecule has 0 fully saturated rings. The summed E-state index contributed by atoms with van der Waals surface area (Å²) in [5.74, 6) is -0.558. The Bertz CT molecular complexity index is 254. The molecule has 0 atom stereocenters. The minimum absolute atomic E-state index is 0.0207. The molecule has 0 saturated heterocycles. The number of carbonyl (C=O) groups is 2. The summed E-state index contributed by atoms with van der Waals surface area (Å²) in [4.78, 5) is 21.8. The molecule has 0 spiro atoms. The second kappa shape index (κ2) is 14.4. The maximum Gasteiger partial charge on any atom is 0.325 e. The molecular formula is C16H31NO3. The molecule has 0 unspecified atom stereocenters. The van der Waals surface area contributed by atoms with Crippen molar-refractivity contribution in [3.63, 3.8) is 0 Å². The van der Waals surface area contributed by atoms with Crippen LogP contribution in [0.5, 0.6) is 0 Å². The molecular weight excluding hydrogens is 254 g/mol. The van der Waals surface area contributed by atoms with Gasteiger partial charge in [0.05, 0.1) is 6.61 Å². The second-order valence-corrected chi connectivity index (χ2v) is 5.31. The van der Waals surface area contributed by atoms with Crippen LogP contribution in [0.2, 0.25) is 0 Å². The van der Waals surface area contributed by atoms with Crippen molar-refractivity contribution in [2.45, 2.75) is 78.1 Å². The first kappa shape index (κ1) is 18.9. The Morgan fingerprint density at radius 3 is 1.85 bits per heavy atom. The van der Waals surface area contributed by atoms with Crippen LogP contribution >= 0.6 is 0 Å². The van der Waals surface area contributed by atoms with Crippen LogP contribution in [0.3, 0.4) is 0 Å². The van der Waals surface area contributed by atoms with Gasteiger partial charge >= 0.3 is 5.97 Å². The van der Waals surface area contributed by atoms with Gasteiger partial charge in [0.15, 0.2) is 0 Å². The number of carbonyl (C=O) groups excluding carboxylic acids is 2. The quantitative estimate of drug-likeness (QED) is 0.415. The van der Waals surface area contributed by atoms with E-state index in [1.165, 1.54) is 58.3 Å². The predicted molar refractivity (Wildman–Crippen MR) is 81.5 cm³/mol. The Morgan fingerprint density at radius 2 is 1.35 bits per heavy atom. The molecule has 0 aliphatic heterocycles. The van der Waals surface area contributed by atoms with Crippen LogP contribution in [-0.2, 0) is 14.3 Å². The fourth-order valence-electron chi connectivity index (χ4n) is 2.02. The normalized spacial score (nSPS) is 10.3. The lowest BCUT2D eigenvalue weighted by Crippen LogP contribution is -2.28. The predicted octanol–water partition coefficient (Wildman–Crippen LogP) is 3.59. The number of esters is 1. The van der Waals surface area contributed by atoms with Crippen LogP contribution in [0.25, 0.3) is 0 Å². The zero-order chi connectivity index (χ0) is 15.1. The topological polar surface area (TPSA) is 55.4 Å². The summed E-state index contributed by atoms with van der Waals surface area (Å²) in [6.07, 6.45) is 12.6. The molecule has 0 aromatic heterocycles. The molecule has 118 valence electrons. The van der Waals surface area contributed by atoms with Gasteiger partial charge < -0.3 is 10.1 Å². The monoisotopic (exact) mass is 285 g/mol. The van der Waals surface area contributed by atoms with Gasteiger partial charge in [0.2, 0.25) is 5.91 Å². The molecule has 4 heteroatoms. The average Bonchev–Trinajstić information content (AvgIpc) is 2.42. The lowest BCUT2D eigenvalue weighted by Gasteiger charge is -2.05. The standard InChI is InChI=1S/C16H31NO3/c1-3-4-5-6-7-8-9-10-11-12-13-20-16(19)14-17-15(2)18/h3-14H2,1-2H3,(H,17,18). The fourth-order valence-corrected chi connectivity index (χ4v) is 2.02. The van der Waals surface area contributed by atoms with Gasteiger partial charge in [0.25, 0.3) is 0 Å². The minimum Gasteiger partial charge on any atom is -0.464 e. The van der Waals surface area contributed by atoms with E-state index in [1.54, 1.807) is 0 Å². The Hall–Kier alpha value is -1.06. The van der Waals surface area contributed by atoms with Gasteiger partial charge in [0, 0.05) is 6.92 Å². The Labute approximate surface area is 123 Å². The van der Waals surface area contributed by atoms with E-state index in [0.29, 0.717) is 6.61 Å². The molecule has 0 radical (unpaired) electrons. The largest absolute Gasteiger partial charge is 0.464 e. The van der Waals surface area contributed by atoms with Crippen LogP contribution < -0.4 is 5.32 Å². The number of hydrogen-bond donors (Lipinski definition) is 1. The van der Waals surface area contributed by atoms with Crippen molar-refractivity contribution < 1.29 is 14.3 Å². The summed E-state index contributed by atoms with van der Waals surface area (Å²) in [5, 5.41) is 2.42. The first-order valence-corrected chi connectivity index (χ1v) is 8.07. The zero-order valence-electron chi connectivity index (χ0n) is 13.2.